The van der Waals surface area contributed by atoms with E-state index in [1.165, 1.54) is 11.5 Å². The van der Waals surface area contributed by atoms with Crippen LogP contribution in [0.2, 0.25) is 13.6 Å². The van der Waals surface area contributed by atoms with E-state index in [2.05, 4.69) is 88.6 Å². The molecule has 0 aliphatic carbocycles. The third-order valence-corrected chi connectivity index (χ3v) is 6.36. The van der Waals surface area contributed by atoms with Gasteiger partial charge in [-0.3, -0.25) is 0 Å². The fourth-order valence-electron chi connectivity index (χ4n) is 3.42. The number of nitrogens with one attached hydrogen (secondary N) is 1. The van der Waals surface area contributed by atoms with Gasteiger partial charge in [-0.05, 0) is 30.3 Å². The first-order valence-corrected chi connectivity index (χ1v) is 9.00. The van der Waals surface area contributed by atoms with Crippen molar-refractivity contribution in [3.05, 3.63) is 48.7 Å². The van der Waals surface area contributed by atoms with Gasteiger partial charge >= 0.3 is 14.0 Å². The molecule has 1 N–H and O–H groups in total. The van der Waals surface area contributed by atoms with E-state index in [1.54, 1.807) is 0 Å². The van der Waals surface area contributed by atoms with Crippen LogP contribution in [-0.2, 0) is 0 Å². The van der Waals surface area contributed by atoms with Crippen molar-refractivity contribution in [2.75, 3.05) is 8.95 Å². The molecule has 22 heavy (non-hydrogen) atoms. The average molecular weight is 309 g/mol. The number of H-pyrrole nitrogens is 1. The zero-order chi connectivity index (χ0) is 15.7. The minimum absolute atomic E-state index is 0.00343. The smallest absolute Gasteiger partial charge is 0.323 e. The summed E-state index contributed by atoms with van der Waals surface area (Å²) in [5.74, 6) is 1.21. The molecule has 1 saturated heterocycles. The summed E-state index contributed by atoms with van der Waals surface area (Å²) >= 11 is 0. The van der Waals surface area contributed by atoms with Gasteiger partial charge in [0.25, 0.3) is 9.84 Å². The summed E-state index contributed by atoms with van der Waals surface area (Å²) in [6, 6.07) is 15.5. The molecule has 113 valence electrons. The molecule has 1 aliphatic rings. The number of hydrogen-bond donors (Lipinski definition) is 1. The maximum Gasteiger partial charge on any atom is 0.323 e. The number of para-hydroxylation sites is 1. The summed E-state index contributed by atoms with van der Waals surface area (Å²) < 4.78 is 7.62. The number of rotatable bonds is 3. The van der Waals surface area contributed by atoms with Gasteiger partial charge in [-0.1, -0.05) is 45.7 Å². The van der Waals surface area contributed by atoms with E-state index in [0.29, 0.717) is 20.0 Å². The molecule has 0 spiro atoms. The Hall–Kier alpha value is -1.59. The Morgan fingerprint density at radius 3 is 2.23 bits per heavy atom. The SMILES string of the molecule is CB1N(c2ccccc2)[SiH]N(c2ccc[nH]2)B(C)N1C(C)C. The van der Waals surface area contributed by atoms with Crippen molar-refractivity contribution in [3.63, 3.8) is 0 Å². The van der Waals surface area contributed by atoms with Crippen molar-refractivity contribution in [1.29, 1.82) is 0 Å². The fourth-order valence-corrected chi connectivity index (χ4v) is 4.97. The van der Waals surface area contributed by atoms with Crippen LogP contribution in [0.15, 0.2) is 48.7 Å². The van der Waals surface area contributed by atoms with E-state index in [-0.39, 0.29) is 9.84 Å². The molecule has 0 amide bonds. The second kappa shape index (κ2) is 6.26. The summed E-state index contributed by atoms with van der Waals surface area (Å²) in [6.07, 6.45) is 2.01. The fraction of sp³-hybridized carbons (Fsp3) is 0.333. The standard InChI is InChI=1S/C15H23B2N4Si/c1-13(2)19-16(3)20(14-9-6-5-7-10-14)22-21(17(19)4)15-11-8-12-18-15/h5-13,18,22H,1-4H3. The summed E-state index contributed by atoms with van der Waals surface area (Å²) in [5, 5.41) is 0. The van der Waals surface area contributed by atoms with Crippen molar-refractivity contribution >= 4 is 35.3 Å². The Labute approximate surface area is 136 Å². The van der Waals surface area contributed by atoms with Crippen LogP contribution in [0, 0.1) is 0 Å². The molecular formula is C15H23B2N4Si. The quantitative estimate of drug-likeness (QED) is 0.882. The van der Waals surface area contributed by atoms with Gasteiger partial charge in [-0.25, -0.2) is 0 Å². The predicted molar refractivity (Wildman–Crippen MR) is 99.6 cm³/mol. The Balaban J connectivity index is 1.97. The van der Waals surface area contributed by atoms with E-state index < -0.39 is 0 Å². The minimum Gasteiger partial charge on any atom is -0.416 e. The lowest BCUT2D eigenvalue weighted by Crippen LogP contribution is -2.73. The first kappa shape index (κ1) is 15.3. The molecule has 2 aromatic rings. The lowest BCUT2D eigenvalue weighted by atomic mass is 9.60. The summed E-state index contributed by atoms with van der Waals surface area (Å²) in [4.78, 5) is 3.38. The normalized spacial score (nSPS) is 16.8. The molecule has 3 rings (SSSR count). The summed E-state index contributed by atoms with van der Waals surface area (Å²) in [6.45, 7) is 9.99. The topological polar surface area (TPSA) is 25.5 Å². The van der Waals surface area contributed by atoms with Gasteiger partial charge < -0.3 is 18.7 Å². The van der Waals surface area contributed by atoms with Crippen molar-refractivity contribution < 1.29 is 0 Å². The molecule has 1 fully saturated rings. The van der Waals surface area contributed by atoms with Crippen molar-refractivity contribution in [1.82, 2.24) is 9.71 Å². The largest absolute Gasteiger partial charge is 0.416 e. The second-order valence-corrected chi connectivity index (χ2v) is 7.47. The summed E-state index contributed by atoms with van der Waals surface area (Å²) in [5.41, 5.74) is 1.30. The Morgan fingerprint density at radius 2 is 1.64 bits per heavy atom. The Bertz CT molecular complexity index is 593. The average Bonchev–Trinajstić information content (AvgIpc) is 3.02. The maximum absolute atomic E-state index is 3.38. The van der Waals surface area contributed by atoms with Crippen LogP contribution < -0.4 is 8.95 Å². The highest BCUT2D eigenvalue weighted by Gasteiger charge is 2.43. The monoisotopic (exact) mass is 309 g/mol. The van der Waals surface area contributed by atoms with E-state index in [0.717, 1.165) is 0 Å². The molecule has 1 aromatic carbocycles. The predicted octanol–water partition coefficient (Wildman–Crippen LogP) is 2.55. The van der Waals surface area contributed by atoms with Gasteiger partial charge in [0.2, 0.25) is 0 Å². The number of aromatic nitrogens is 1. The first-order valence-electron chi connectivity index (χ1n) is 7.97. The number of anilines is 2. The molecule has 7 heteroatoms. The van der Waals surface area contributed by atoms with Crippen LogP contribution in [0.5, 0.6) is 0 Å². The highest BCUT2D eigenvalue weighted by Crippen LogP contribution is 2.26. The molecule has 1 aromatic heterocycles. The van der Waals surface area contributed by atoms with Crippen molar-refractivity contribution in [2.45, 2.75) is 33.5 Å². The highest BCUT2D eigenvalue weighted by atomic mass is 28.2. The molecular weight excluding hydrogens is 286 g/mol. The third-order valence-electron chi connectivity index (χ3n) is 4.43. The number of nitrogens with zero attached hydrogens (tertiary/aromatic N) is 3. The van der Waals surface area contributed by atoms with E-state index in [1.807, 2.05) is 6.20 Å². The molecule has 0 atom stereocenters. The zero-order valence-electron chi connectivity index (χ0n) is 13.8. The van der Waals surface area contributed by atoms with Crippen LogP contribution in [0.1, 0.15) is 13.8 Å². The Morgan fingerprint density at radius 1 is 0.955 bits per heavy atom. The molecule has 2 heterocycles. The van der Waals surface area contributed by atoms with Crippen LogP contribution in [0.3, 0.4) is 0 Å². The molecule has 0 bridgehead atoms. The third kappa shape index (κ3) is 2.71. The molecule has 0 unspecified atom stereocenters. The number of benzene rings is 1. The van der Waals surface area contributed by atoms with E-state index in [4.69, 9.17) is 0 Å². The van der Waals surface area contributed by atoms with Gasteiger partial charge in [0.15, 0.2) is 0 Å². The maximum atomic E-state index is 3.38. The lowest BCUT2D eigenvalue weighted by molar-refractivity contribution is 0.523. The number of aromatic amines is 1. The molecule has 1 radical (unpaired) electrons. The molecule has 0 saturated carbocycles. The Kier molecular flexibility index (Phi) is 4.36. The van der Waals surface area contributed by atoms with E-state index in [9.17, 15) is 0 Å². The van der Waals surface area contributed by atoms with Crippen LogP contribution in [-0.4, -0.2) is 39.6 Å². The van der Waals surface area contributed by atoms with Gasteiger partial charge in [-0.15, -0.1) is 0 Å². The van der Waals surface area contributed by atoms with Gasteiger partial charge in [0.05, 0.1) is 5.82 Å². The van der Waals surface area contributed by atoms with Crippen molar-refractivity contribution in [2.24, 2.45) is 0 Å². The summed E-state index contributed by atoms with van der Waals surface area (Å²) in [7, 11) is -0.00343. The van der Waals surface area contributed by atoms with Gasteiger partial charge in [0, 0.05) is 11.9 Å². The number of hydrogen-bond acceptors (Lipinski definition) is 3. The molecule has 4 nitrogen and oxygen atoms in total. The van der Waals surface area contributed by atoms with Crippen LogP contribution in [0.4, 0.5) is 11.5 Å². The van der Waals surface area contributed by atoms with Gasteiger partial charge in [0.1, 0.15) is 0 Å². The van der Waals surface area contributed by atoms with Crippen LogP contribution >= 0.6 is 0 Å². The van der Waals surface area contributed by atoms with Gasteiger partial charge in [-0.2, -0.15) is 0 Å². The molecule has 1 aliphatic heterocycles. The minimum atomic E-state index is -0.00343. The second-order valence-electron chi connectivity index (χ2n) is 6.13. The lowest BCUT2D eigenvalue weighted by Gasteiger charge is -2.51. The highest BCUT2D eigenvalue weighted by molar-refractivity contribution is 6.92. The first-order chi connectivity index (χ1) is 10.6. The zero-order valence-corrected chi connectivity index (χ0v) is 14.9. The van der Waals surface area contributed by atoms with E-state index >= 15 is 0 Å². The van der Waals surface area contributed by atoms with Crippen LogP contribution in [0.25, 0.3) is 0 Å². The van der Waals surface area contributed by atoms with Crippen molar-refractivity contribution in [3.8, 4) is 0 Å².